The Labute approximate surface area is 98.3 Å². The summed E-state index contributed by atoms with van der Waals surface area (Å²) in [7, 11) is 0. The minimum absolute atomic E-state index is 0.442. The number of anilines is 1. The summed E-state index contributed by atoms with van der Waals surface area (Å²) in [5.41, 5.74) is 0. The van der Waals surface area contributed by atoms with Gasteiger partial charge in [0.25, 0.3) is 0 Å². The molecule has 3 nitrogen and oxygen atoms in total. The maximum atomic E-state index is 12.3. The molecule has 0 aromatic carbocycles. The predicted molar refractivity (Wildman–Crippen MR) is 62.0 cm³/mol. The molecular formula is C10H14BF3N3-. The first kappa shape index (κ1) is 12.2. The lowest BCUT2D eigenvalue weighted by Crippen LogP contribution is -2.50. The second kappa shape index (κ2) is 4.95. The van der Waals surface area contributed by atoms with E-state index in [1.807, 2.05) is 23.1 Å². The van der Waals surface area contributed by atoms with Gasteiger partial charge in [-0.1, -0.05) is 6.07 Å². The number of piperazine rings is 1. The van der Waals surface area contributed by atoms with Crippen LogP contribution in [0.2, 0.25) is 0 Å². The minimum Gasteiger partial charge on any atom is -0.448 e. The second-order valence-electron chi connectivity index (χ2n) is 4.19. The van der Waals surface area contributed by atoms with Crippen LogP contribution in [0.3, 0.4) is 0 Å². The molecule has 1 aliphatic heterocycles. The fourth-order valence-electron chi connectivity index (χ4n) is 1.99. The molecule has 0 aliphatic carbocycles. The Morgan fingerprint density at radius 3 is 2.35 bits per heavy atom. The molecule has 17 heavy (non-hydrogen) atoms. The van der Waals surface area contributed by atoms with Gasteiger partial charge >= 0.3 is 6.98 Å². The molecule has 0 bridgehead atoms. The van der Waals surface area contributed by atoms with Crippen LogP contribution in [0.15, 0.2) is 24.4 Å². The molecule has 1 aliphatic rings. The van der Waals surface area contributed by atoms with Gasteiger partial charge < -0.3 is 22.7 Å². The zero-order valence-corrected chi connectivity index (χ0v) is 9.40. The number of halogens is 3. The number of hydrogen-bond donors (Lipinski definition) is 0. The molecule has 1 saturated heterocycles. The molecule has 2 rings (SSSR count). The SMILES string of the molecule is F[B-](F)(F)CN1CCN(c2ccccn2)CC1. The van der Waals surface area contributed by atoms with Crippen LogP contribution >= 0.6 is 0 Å². The maximum absolute atomic E-state index is 12.3. The second-order valence-corrected chi connectivity index (χ2v) is 4.19. The highest BCUT2D eigenvalue weighted by atomic mass is 19.4. The highest BCUT2D eigenvalue weighted by molar-refractivity contribution is 6.58. The first-order chi connectivity index (χ1) is 8.04. The molecule has 1 aromatic heterocycles. The summed E-state index contributed by atoms with van der Waals surface area (Å²) < 4.78 is 36.8. The fraction of sp³-hybridized carbons (Fsp3) is 0.500. The van der Waals surface area contributed by atoms with Crippen molar-refractivity contribution in [2.45, 2.75) is 0 Å². The van der Waals surface area contributed by atoms with Gasteiger partial charge in [-0.15, -0.1) is 0 Å². The van der Waals surface area contributed by atoms with Gasteiger partial charge in [0.2, 0.25) is 0 Å². The van der Waals surface area contributed by atoms with Gasteiger partial charge in [-0.05, 0) is 18.6 Å². The summed E-state index contributed by atoms with van der Waals surface area (Å²) in [4.78, 5) is 7.66. The first-order valence-corrected chi connectivity index (χ1v) is 5.64. The van der Waals surface area contributed by atoms with Crippen LogP contribution < -0.4 is 4.90 Å². The highest BCUT2D eigenvalue weighted by Gasteiger charge is 2.28. The van der Waals surface area contributed by atoms with E-state index in [4.69, 9.17) is 0 Å². The lowest BCUT2D eigenvalue weighted by molar-refractivity contribution is 0.263. The van der Waals surface area contributed by atoms with Gasteiger partial charge in [0.05, 0.1) is 0 Å². The summed E-state index contributed by atoms with van der Waals surface area (Å²) in [6.45, 7) is -2.63. The van der Waals surface area contributed by atoms with E-state index in [0.717, 1.165) is 5.82 Å². The molecule has 0 spiro atoms. The molecule has 1 fully saturated rings. The number of rotatable bonds is 3. The van der Waals surface area contributed by atoms with E-state index >= 15 is 0 Å². The van der Waals surface area contributed by atoms with E-state index in [1.54, 1.807) is 6.20 Å². The predicted octanol–water partition coefficient (Wildman–Crippen LogP) is 1.59. The third-order valence-electron chi connectivity index (χ3n) is 2.81. The fourth-order valence-corrected chi connectivity index (χ4v) is 1.99. The largest absolute Gasteiger partial charge is 0.492 e. The number of hydrogen-bond acceptors (Lipinski definition) is 3. The summed E-state index contributed by atoms with van der Waals surface area (Å²) in [6.07, 6.45) is 0.941. The Bertz CT molecular complexity index is 350. The molecule has 0 amide bonds. The molecular weight excluding hydrogens is 230 g/mol. The van der Waals surface area contributed by atoms with Crippen molar-refractivity contribution in [3.8, 4) is 0 Å². The van der Waals surface area contributed by atoms with Crippen molar-refractivity contribution in [2.24, 2.45) is 0 Å². The quantitative estimate of drug-likeness (QED) is 0.752. The van der Waals surface area contributed by atoms with E-state index in [2.05, 4.69) is 4.98 Å². The zero-order valence-electron chi connectivity index (χ0n) is 9.40. The summed E-state index contributed by atoms with van der Waals surface area (Å²) in [5.74, 6) is 0.838. The van der Waals surface area contributed by atoms with Gasteiger partial charge in [0, 0.05) is 32.4 Å². The average Bonchev–Trinajstić information content (AvgIpc) is 2.29. The van der Waals surface area contributed by atoms with Crippen LogP contribution in [-0.4, -0.2) is 49.5 Å². The number of pyridine rings is 1. The molecule has 0 atom stereocenters. The van der Waals surface area contributed by atoms with Gasteiger partial charge in [0.1, 0.15) is 5.82 Å². The molecule has 94 valence electrons. The Morgan fingerprint density at radius 2 is 1.82 bits per heavy atom. The van der Waals surface area contributed by atoms with Crippen molar-refractivity contribution < 1.29 is 12.9 Å². The average molecular weight is 244 g/mol. The summed E-state index contributed by atoms with van der Waals surface area (Å²) in [5, 5.41) is 0. The van der Waals surface area contributed by atoms with Crippen LogP contribution in [0.5, 0.6) is 0 Å². The monoisotopic (exact) mass is 244 g/mol. The smallest absolute Gasteiger partial charge is 0.448 e. The Morgan fingerprint density at radius 1 is 1.12 bits per heavy atom. The summed E-state index contributed by atoms with van der Waals surface area (Å²) in [6, 6.07) is 5.59. The molecule has 2 heterocycles. The molecule has 1 aromatic rings. The summed E-state index contributed by atoms with van der Waals surface area (Å²) >= 11 is 0. The van der Waals surface area contributed by atoms with E-state index in [1.165, 1.54) is 4.90 Å². The van der Waals surface area contributed by atoms with Crippen molar-refractivity contribution in [3.63, 3.8) is 0 Å². The standard InChI is InChI=1S/C10H14BF3N3/c12-11(13,14)9-16-5-7-17(8-6-16)10-3-1-2-4-15-10/h1-4H,5-9H2/q-1. The lowest BCUT2D eigenvalue weighted by atomic mass is 9.91. The first-order valence-electron chi connectivity index (χ1n) is 5.64. The maximum Gasteiger partial charge on any atom is 0.492 e. The van der Waals surface area contributed by atoms with Gasteiger partial charge in [-0.2, -0.15) is 0 Å². The number of nitrogens with zero attached hydrogens (tertiary/aromatic N) is 3. The van der Waals surface area contributed by atoms with E-state index < -0.39 is 13.4 Å². The van der Waals surface area contributed by atoms with E-state index in [-0.39, 0.29) is 0 Å². The molecule has 0 radical (unpaired) electrons. The minimum atomic E-state index is -4.71. The van der Waals surface area contributed by atoms with Crippen molar-refractivity contribution >= 4 is 12.8 Å². The third-order valence-corrected chi connectivity index (χ3v) is 2.81. The van der Waals surface area contributed by atoms with Crippen molar-refractivity contribution in [1.82, 2.24) is 9.88 Å². The van der Waals surface area contributed by atoms with E-state index in [9.17, 15) is 12.9 Å². The zero-order chi connectivity index (χ0) is 12.3. The Balaban J connectivity index is 1.86. The van der Waals surface area contributed by atoms with Crippen LogP contribution in [-0.2, 0) is 0 Å². The van der Waals surface area contributed by atoms with E-state index in [0.29, 0.717) is 26.2 Å². The highest BCUT2D eigenvalue weighted by Crippen LogP contribution is 2.15. The van der Waals surface area contributed by atoms with Crippen LogP contribution in [0.25, 0.3) is 0 Å². The Hall–Kier alpha value is -1.24. The van der Waals surface area contributed by atoms with Crippen LogP contribution in [0.1, 0.15) is 0 Å². The van der Waals surface area contributed by atoms with Crippen molar-refractivity contribution in [1.29, 1.82) is 0 Å². The molecule has 0 saturated carbocycles. The normalized spacial score (nSPS) is 18.4. The van der Waals surface area contributed by atoms with Gasteiger partial charge in [-0.25, -0.2) is 4.98 Å². The number of aromatic nitrogens is 1. The van der Waals surface area contributed by atoms with Crippen LogP contribution in [0, 0.1) is 0 Å². The molecule has 0 unspecified atom stereocenters. The van der Waals surface area contributed by atoms with Crippen molar-refractivity contribution in [3.05, 3.63) is 24.4 Å². The molecule has 0 N–H and O–H groups in total. The van der Waals surface area contributed by atoms with Crippen molar-refractivity contribution in [2.75, 3.05) is 37.5 Å². The van der Waals surface area contributed by atoms with Crippen LogP contribution in [0.4, 0.5) is 18.8 Å². The topological polar surface area (TPSA) is 19.4 Å². The lowest BCUT2D eigenvalue weighted by Gasteiger charge is -2.37. The molecule has 7 heteroatoms. The van der Waals surface area contributed by atoms with Gasteiger partial charge in [-0.3, -0.25) is 0 Å². The van der Waals surface area contributed by atoms with Gasteiger partial charge in [0.15, 0.2) is 0 Å². The Kier molecular flexibility index (Phi) is 3.56. The third kappa shape index (κ3) is 3.62.